The minimum atomic E-state index is -0.890. The van der Waals surface area contributed by atoms with Crippen molar-refractivity contribution in [2.45, 2.75) is 12.6 Å². The molecule has 0 spiro atoms. The van der Waals surface area contributed by atoms with E-state index in [2.05, 4.69) is 4.98 Å². The standard InChI is InChI=1S/C21H16N2O5/c24-15-7-3-5-13(11-15)18-17(19(25)16-8-4-10-28-16)20(26)21(27)23(18)12-14-6-1-2-9-22-14/h1-11,18,24,26H,12H2. The van der Waals surface area contributed by atoms with Crippen LogP contribution in [0.5, 0.6) is 5.75 Å². The van der Waals surface area contributed by atoms with Gasteiger partial charge in [0.1, 0.15) is 5.75 Å². The van der Waals surface area contributed by atoms with Crippen molar-refractivity contribution in [2.24, 2.45) is 0 Å². The fraction of sp³-hybridized carbons (Fsp3) is 0.0952. The van der Waals surface area contributed by atoms with Crippen molar-refractivity contribution in [1.29, 1.82) is 0 Å². The number of phenols is 1. The summed E-state index contributed by atoms with van der Waals surface area (Å²) in [7, 11) is 0. The van der Waals surface area contributed by atoms with E-state index >= 15 is 0 Å². The average Bonchev–Trinajstić information content (AvgIpc) is 3.32. The maximum atomic E-state index is 13.0. The first kappa shape index (κ1) is 17.5. The van der Waals surface area contributed by atoms with Crippen molar-refractivity contribution in [2.75, 3.05) is 0 Å². The van der Waals surface area contributed by atoms with Crippen LogP contribution in [0.1, 0.15) is 27.9 Å². The second-order valence-electron chi connectivity index (χ2n) is 6.32. The highest BCUT2D eigenvalue weighted by molar-refractivity contribution is 6.14. The number of amides is 1. The molecule has 1 atom stereocenters. The summed E-state index contributed by atoms with van der Waals surface area (Å²) in [5.41, 5.74) is 0.991. The number of Topliss-reactive ketones (excluding diaryl/α,β-unsaturated/α-hetero) is 1. The van der Waals surface area contributed by atoms with E-state index in [-0.39, 0.29) is 23.6 Å². The molecule has 3 aromatic rings. The van der Waals surface area contributed by atoms with Crippen LogP contribution in [0.25, 0.3) is 0 Å². The Morgan fingerprint density at radius 1 is 1.11 bits per heavy atom. The van der Waals surface area contributed by atoms with Gasteiger partial charge in [-0.25, -0.2) is 0 Å². The zero-order chi connectivity index (χ0) is 19.7. The number of aliphatic hydroxyl groups excluding tert-OH is 1. The smallest absolute Gasteiger partial charge is 0.290 e. The van der Waals surface area contributed by atoms with Crippen molar-refractivity contribution in [3.8, 4) is 5.75 Å². The van der Waals surface area contributed by atoms with Crippen LogP contribution in [0.15, 0.2) is 82.8 Å². The maximum absolute atomic E-state index is 13.0. The second kappa shape index (κ2) is 7.03. The van der Waals surface area contributed by atoms with Crippen LogP contribution in [-0.2, 0) is 11.3 Å². The Labute approximate surface area is 160 Å². The van der Waals surface area contributed by atoms with E-state index in [0.29, 0.717) is 11.3 Å². The number of pyridine rings is 1. The van der Waals surface area contributed by atoms with Crippen molar-refractivity contribution in [1.82, 2.24) is 9.88 Å². The number of benzene rings is 1. The van der Waals surface area contributed by atoms with Gasteiger partial charge < -0.3 is 19.5 Å². The van der Waals surface area contributed by atoms with Gasteiger partial charge in [0.05, 0.1) is 30.1 Å². The number of rotatable bonds is 5. The van der Waals surface area contributed by atoms with Crippen molar-refractivity contribution in [3.05, 3.63) is 95.4 Å². The summed E-state index contributed by atoms with van der Waals surface area (Å²) < 4.78 is 5.17. The van der Waals surface area contributed by atoms with Gasteiger partial charge in [0.15, 0.2) is 11.5 Å². The lowest BCUT2D eigenvalue weighted by Crippen LogP contribution is -2.31. The number of carbonyl (C=O) groups excluding carboxylic acids is 2. The zero-order valence-corrected chi connectivity index (χ0v) is 14.6. The van der Waals surface area contributed by atoms with Crippen LogP contribution in [0.4, 0.5) is 0 Å². The van der Waals surface area contributed by atoms with Gasteiger partial charge in [0.2, 0.25) is 5.78 Å². The van der Waals surface area contributed by atoms with Crippen LogP contribution >= 0.6 is 0 Å². The number of phenolic OH excluding ortho intramolecular Hbond substituents is 1. The molecule has 28 heavy (non-hydrogen) atoms. The molecule has 1 amide bonds. The number of furan rings is 1. The predicted molar refractivity (Wildman–Crippen MR) is 98.3 cm³/mol. The Kier molecular flexibility index (Phi) is 4.41. The normalized spacial score (nSPS) is 16.6. The number of carbonyl (C=O) groups is 2. The van der Waals surface area contributed by atoms with Gasteiger partial charge in [0.25, 0.3) is 5.91 Å². The highest BCUT2D eigenvalue weighted by Crippen LogP contribution is 2.40. The Hall–Kier alpha value is -3.87. The lowest BCUT2D eigenvalue weighted by Gasteiger charge is -2.26. The minimum Gasteiger partial charge on any atom is -0.508 e. The molecule has 1 unspecified atom stereocenters. The third kappa shape index (κ3) is 3.03. The second-order valence-corrected chi connectivity index (χ2v) is 6.32. The Morgan fingerprint density at radius 3 is 2.64 bits per heavy atom. The first-order valence-electron chi connectivity index (χ1n) is 8.57. The van der Waals surface area contributed by atoms with E-state index in [1.54, 1.807) is 42.6 Å². The third-order valence-corrected chi connectivity index (χ3v) is 4.54. The van der Waals surface area contributed by atoms with E-state index in [1.165, 1.54) is 29.4 Å². The van der Waals surface area contributed by atoms with Crippen molar-refractivity contribution in [3.63, 3.8) is 0 Å². The first-order valence-corrected chi connectivity index (χ1v) is 8.57. The Morgan fingerprint density at radius 2 is 1.96 bits per heavy atom. The monoisotopic (exact) mass is 376 g/mol. The summed E-state index contributed by atoms with van der Waals surface area (Å²) in [5, 5.41) is 20.4. The lowest BCUT2D eigenvalue weighted by molar-refractivity contribution is -0.130. The number of hydrogen-bond acceptors (Lipinski definition) is 6. The molecule has 7 nitrogen and oxygen atoms in total. The molecule has 140 valence electrons. The molecule has 1 aromatic carbocycles. The van der Waals surface area contributed by atoms with Gasteiger partial charge in [-0.1, -0.05) is 18.2 Å². The number of ketones is 1. The molecule has 0 saturated heterocycles. The highest BCUT2D eigenvalue weighted by Gasteiger charge is 2.44. The minimum absolute atomic E-state index is 0.0131. The molecule has 1 aliphatic heterocycles. The number of hydrogen-bond donors (Lipinski definition) is 2. The van der Waals surface area contributed by atoms with Crippen LogP contribution < -0.4 is 0 Å². The molecule has 4 rings (SSSR count). The van der Waals surface area contributed by atoms with Gasteiger partial charge >= 0.3 is 0 Å². The van der Waals surface area contributed by atoms with Crippen LogP contribution in [0.2, 0.25) is 0 Å². The Bertz CT molecular complexity index is 1060. The topological polar surface area (TPSA) is 104 Å². The largest absolute Gasteiger partial charge is 0.508 e. The third-order valence-electron chi connectivity index (χ3n) is 4.54. The zero-order valence-electron chi connectivity index (χ0n) is 14.6. The molecule has 0 radical (unpaired) electrons. The molecule has 1 aliphatic rings. The summed E-state index contributed by atoms with van der Waals surface area (Å²) in [6.07, 6.45) is 2.94. The highest BCUT2D eigenvalue weighted by atomic mass is 16.3. The lowest BCUT2D eigenvalue weighted by atomic mass is 9.95. The maximum Gasteiger partial charge on any atom is 0.290 e. The van der Waals surface area contributed by atoms with E-state index in [4.69, 9.17) is 4.42 Å². The molecular formula is C21H16N2O5. The molecule has 0 aliphatic carbocycles. The number of aromatic nitrogens is 1. The molecule has 0 bridgehead atoms. The summed E-state index contributed by atoms with van der Waals surface area (Å²) in [6.45, 7) is 0.0823. The van der Waals surface area contributed by atoms with Gasteiger partial charge in [-0.3, -0.25) is 14.6 Å². The van der Waals surface area contributed by atoms with Crippen LogP contribution in [-0.4, -0.2) is 31.8 Å². The molecule has 2 aromatic heterocycles. The molecule has 7 heteroatoms. The van der Waals surface area contributed by atoms with Crippen molar-refractivity contribution >= 4 is 11.7 Å². The van der Waals surface area contributed by atoms with Gasteiger partial charge in [-0.05, 0) is 42.0 Å². The molecule has 3 heterocycles. The number of aromatic hydroxyl groups is 1. The average molecular weight is 376 g/mol. The summed E-state index contributed by atoms with van der Waals surface area (Å²) >= 11 is 0. The first-order chi connectivity index (χ1) is 13.6. The van der Waals surface area contributed by atoms with Gasteiger partial charge in [-0.2, -0.15) is 0 Å². The van der Waals surface area contributed by atoms with E-state index < -0.39 is 23.5 Å². The van der Waals surface area contributed by atoms with Crippen molar-refractivity contribution < 1.29 is 24.2 Å². The summed E-state index contributed by atoms with van der Waals surface area (Å²) in [6, 6.07) is 13.6. The molecule has 0 saturated carbocycles. The van der Waals surface area contributed by atoms with E-state index in [1.807, 2.05) is 0 Å². The number of nitrogens with zero attached hydrogens (tertiary/aromatic N) is 2. The van der Waals surface area contributed by atoms with Gasteiger partial charge in [-0.15, -0.1) is 0 Å². The summed E-state index contributed by atoms with van der Waals surface area (Å²) in [5.74, 6) is -1.91. The molecule has 0 fully saturated rings. The van der Waals surface area contributed by atoms with E-state index in [9.17, 15) is 19.8 Å². The number of aliphatic hydroxyl groups is 1. The van der Waals surface area contributed by atoms with E-state index in [0.717, 1.165) is 0 Å². The summed E-state index contributed by atoms with van der Waals surface area (Å²) in [4.78, 5) is 31.3. The quantitative estimate of drug-likeness (QED) is 0.663. The molecular weight excluding hydrogens is 360 g/mol. The molecule has 2 N–H and O–H groups in total. The fourth-order valence-electron chi connectivity index (χ4n) is 3.30. The fourth-order valence-corrected chi connectivity index (χ4v) is 3.30. The predicted octanol–water partition coefficient (Wildman–Crippen LogP) is 3.16. The van der Waals surface area contributed by atoms with Gasteiger partial charge in [0, 0.05) is 6.20 Å². The van der Waals surface area contributed by atoms with Crippen LogP contribution in [0, 0.1) is 0 Å². The Balaban J connectivity index is 1.81. The van der Waals surface area contributed by atoms with Crippen LogP contribution in [0.3, 0.4) is 0 Å². The SMILES string of the molecule is O=C(C1=C(O)C(=O)N(Cc2ccccn2)C1c1cccc(O)c1)c1ccco1.